The molecule has 0 aliphatic rings. The van der Waals surface area contributed by atoms with Gasteiger partial charge in [0.2, 0.25) is 0 Å². The molecule has 1 N–H and O–H groups in total. The van der Waals surface area contributed by atoms with Crippen molar-refractivity contribution in [2.24, 2.45) is 0 Å². The van der Waals surface area contributed by atoms with E-state index in [9.17, 15) is 0 Å². The molecule has 0 aliphatic heterocycles. The van der Waals surface area contributed by atoms with E-state index in [1.165, 1.54) is 0 Å². The lowest BCUT2D eigenvalue weighted by molar-refractivity contribution is 1.09. The minimum atomic E-state index is 0.472. The first-order valence-electron chi connectivity index (χ1n) is 4.32. The molecular weight excluding hydrogens is 198 g/mol. The number of aromatic amines is 1. The normalized spacial score (nSPS) is 10.5. The zero-order chi connectivity index (χ0) is 10.1. The molecule has 0 radical (unpaired) electrons. The first-order chi connectivity index (χ1) is 6.65. The maximum atomic E-state index is 5.84. The van der Waals surface area contributed by atoms with E-state index in [0.717, 1.165) is 17.1 Å². The molecule has 2 rings (SSSR count). The van der Waals surface area contributed by atoms with Crippen molar-refractivity contribution in [3.05, 3.63) is 34.7 Å². The summed E-state index contributed by atoms with van der Waals surface area (Å²) < 4.78 is 0. The summed E-state index contributed by atoms with van der Waals surface area (Å²) in [5, 5.41) is 0.472. The third kappa shape index (κ3) is 1.77. The van der Waals surface area contributed by atoms with Gasteiger partial charge in [-0.15, -0.1) is 0 Å². The minimum Gasteiger partial charge on any atom is -0.356 e. The Hall–Kier alpha value is -1.35. The third-order valence-corrected chi connectivity index (χ3v) is 2.09. The van der Waals surface area contributed by atoms with Crippen molar-refractivity contribution in [2.75, 3.05) is 0 Å². The van der Waals surface area contributed by atoms with Crippen LogP contribution >= 0.6 is 11.6 Å². The van der Waals surface area contributed by atoms with Gasteiger partial charge < -0.3 is 4.98 Å². The van der Waals surface area contributed by atoms with E-state index in [1.807, 2.05) is 26.0 Å². The fourth-order valence-corrected chi connectivity index (χ4v) is 1.52. The average molecular weight is 208 g/mol. The molecule has 72 valence electrons. The number of nitrogens with one attached hydrogen (secondary N) is 1. The van der Waals surface area contributed by atoms with Crippen molar-refractivity contribution in [3.8, 4) is 11.5 Å². The van der Waals surface area contributed by atoms with E-state index in [2.05, 4.69) is 15.0 Å². The molecule has 0 fully saturated rings. The van der Waals surface area contributed by atoms with Gasteiger partial charge in [0.25, 0.3) is 0 Å². The number of nitrogens with zero attached hydrogens (tertiary/aromatic N) is 2. The Morgan fingerprint density at radius 1 is 1.21 bits per heavy atom. The number of hydrogen-bond donors (Lipinski definition) is 1. The highest BCUT2D eigenvalue weighted by Gasteiger charge is 2.04. The minimum absolute atomic E-state index is 0.472. The van der Waals surface area contributed by atoms with Crippen LogP contribution in [0.1, 0.15) is 11.4 Å². The largest absolute Gasteiger partial charge is 0.356 e. The maximum Gasteiger partial charge on any atom is 0.177 e. The van der Waals surface area contributed by atoms with E-state index in [1.54, 1.807) is 6.07 Å². The molecule has 3 nitrogen and oxygen atoms in total. The van der Waals surface area contributed by atoms with E-state index >= 15 is 0 Å². The van der Waals surface area contributed by atoms with Crippen molar-refractivity contribution in [3.63, 3.8) is 0 Å². The SMILES string of the molecule is Cc1cc(Cl)nc(-c2ccc(C)[nH]2)n1. The predicted octanol–water partition coefficient (Wildman–Crippen LogP) is 2.74. The van der Waals surface area contributed by atoms with E-state index in [4.69, 9.17) is 11.6 Å². The number of halogens is 1. The lowest BCUT2D eigenvalue weighted by Gasteiger charge is -1.99. The Balaban J connectivity index is 2.51. The number of aromatic nitrogens is 3. The molecule has 0 saturated heterocycles. The van der Waals surface area contributed by atoms with Crippen LogP contribution in [0.25, 0.3) is 11.5 Å². The number of hydrogen-bond acceptors (Lipinski definition) is 2. The molecule has 2 aromatic rings. The summed E-state index contributed by atoms with van der Waals surface area (Å²) >= 11 is 5.84. The molecule has 4 heteroatoms. The van der Waals surface area contributed by atoms with Gasteiger partial charge in [-0.3, -0.25) is 0 Å². The van der Waals surface area contributed by atoms with Crippen LogP contribution in [-0.4, -0.2) is 15.0 Å². The molecule has 0 unspecified atom stereocenters. The van der Waals surface area contributed by atoms with Crippen LogP contribution in [0.3, 0.4) is 0 Å². The van der Waals surface area contributed by atoms with Gasteiger partial charge in [0.05, 0.1) is 5.69 Å². The van der Waals surface area contributed by atoms with Crippen LogP contribution < -0.4 is 0 Å². The molecule has 2 aromatic heterocycles. The van der Waals surface area contributed by atoms with Gasteiger partial charge in [-0.25, -0.2) is 9.97 Å². The highest BCUT2D eigenvalue weighted by Crippen LogP contribution is 2.16. The van der Waals surface area contributed by atoms with Crippen molar-refractivity contribution >= 4 is 11.6 Å². The van der Waals surface area contributed by atoms with Crippen LogP contribution in [0.15, 0.2) is 18.2 Å². The Morgan fingerprint density at radius 3 is 2.57 bits per heavy atom. The highest BCUT2D eigenvalue weighted by molar-refractivity contribution is 6.29. The molecule has 0 amide bonds. The van der Waals surface area contributed by atoms with Crippen molar-refractivity contribution in [1.82, 2.24) is 15.0 Å². The Labute approximate surface area is 87.2 Å². The summed E-state index contributed by atoms with van der Waals surface area (Å²) in [5.74, 6) is 0.642. The number of rotatable bonds is 1. The smallest absolute Gasteiger partial charge is 0.177 e. The van der Waals surface area contributed by atoms with Gasteiger partial charge in [-0.2, -0.15) is 0 Å². The van der Waals surface area contributed by atoms with Crippen molar-refractivity contribution in [1.29, 1.82) is 0 Å². The second-order valence-corrected chi connectivity index (χ2v) is 3.60. The highest BCUT2D eigenvalue weighted by atomic mass is 35.5. The quantitative estimate of drug-likeness (QED) is 0.731. The monoisotopic (exact) mass is 207 g/mol. The molecule has 0 aromatic carbocycles. The van der Waals surface area contributed by atoms with Crippen LogP contribution in [0.4, 0.5) is 0 Å². The molecule has 0 aliphatic carbocycles. The van der Waals surface area contributed by atoms with Gasteiger partial charge in [0, 0.05) is 11.4 Å². The molecule has 2 heterocycles. The molecular formula is C10H10ClN3. The molecule has 0 saturated carbocycles. The summed E-state index contributed by atoms with van der Waals surface area (Å²) in [6.07, 6.45) is 0. The first-order valence-corrected chi connectivity index (χ1v) is 4.70. The van der Waals surface area contributed by atoms with Crippen LogP contribution in [0.5, 0.6) is 0 Å². The van der Waals surface area contributed by atoms with Crippen LogP contribution in [0, 0.1) is 13.8 Å². The fourth-order valence-electron chi connectivity index (χ4n) is 1.29. The fraction of sp³-hybridized carbons (Fsp3) is 0.200. The topological polar surface area (TPSA) is 41.6 Å². The van der Waals surface area contributed by atoms with E-state index in [0.29, 0.717) is 11.0 Å². The molecule has 0 atom stereocenters. The summed E-state index contributed by atoms with van der Waals surface area (Å²) in [5.41, 5.74) is 2.85. The van der Waals surface area contributed by atoms with Gasteiger partial charge in [0.15, 0.2) is 5.82 Å². The molecule has 0 bridgehead atoms. The lowest BCUT2D eigenvalue weighted by atomic mass is 10.3. The summed E-state index contributed by atoms with van der Waals surface area (Å²) in [6.45, 7) is 3.88. The van der Waals surface area contributed by atoms with E-state index in [-0.39, 0.29) is 0 Å². The number of H-pyrrole nitrogens is 1. The lowest BCUT2D eigenvalue weighted by Crippen LogP contribution is -1.92. The van der Waals surface area contributed by atoms with Crippen molar-refractivity contribution < 1.29 is 0 Å². The summed E-state index contributed by atoms with van der Waals surface area (Å²) in [6, 6.07) is 5.66. The average Bonchev–Trinajstić information content (AvgIpc) is 2.50. The van der Waals surface area contributed by atoms with E-state index < -0.39 is 0 Å². The third-order valence-electron chi connectivity index (χ3n) is 1.90. The van der Waals surface area contributed by atoms with Gasteiger partial charge in [-0.05, 0) is 32.0 Å². The van der Waals surface area contributed by atoms with Gasteiger partial charge in [-0.1, -0.05) is 11.6 Å². The molecule has 0 spiro atoms. The van der Waals surface area contributed by atoms with Crippen LogP contribution in [-0.2, 0) is 0 Å². The molecule has 14 heavy (non-hydrogen) atoms. The van der Waals surface area contributed by atoms with Crippen LogP contribution in [0.2, 0.25) is 5.15 Å². The number of aryl methyl sites for hydroxylation is 2. The van der Waals surface area contributed by atoms with Gasteiger partial charge >= 0.3 is 0 Å². The Morgan fingerprint density at radius 2 is 2.00 bits per heavy atom. The Bertz CT molecular complexity index is 442. The maximum absolute atomic E-state index is 5.84. The second kappa shape index (κ2) is 3.42. The summed E-state index contributed by atoms with van der Waals surface area (Å²) in [7, 11) is 0. The first kappa shape index (κ1) is 9.21. The van der Waals surface area contributed by atoms with Gasteiger partial charge in [0.1, 0.15) is 5.15 Å². The zero-order valence-corrected chi connectivity index (χ0v) is 8.76. The second-order valence-electron chi connectivity index (χ2n) is 3.21. The predicted molar refractivity (Wildman–Crippen MR) is 56.3 cm³/mol. The standard InChI is InChI=1S/C10H10ClN3/c1-6-3-4-8(12-6)10-13-7(2)5-9(11)14-10/h3-5,12H,1-2H3. The summed E-state index contributed by atoms with van der Waals surface area (Å²) in [4.78, 5) is 11.6. The Kier molecular flexibility index (Phi) is 2.25. The van der Waals surface area contributed by atoms with Crippen molar-refractivity contribution in [2.45, 2.75) is 13.8 Å². The zero-order valence-electron chi connectivity index (χ0n) is 8.00.